The van der Waals surface area contributed by atoms with Gasteiger partial charge in [-0.2, -0.15) is 0 Å². The molecule has 0 aliphatic carbocycles. The number of aliphatic hydroxyl groups is 1. The summed E-state index contributed by atoms with van der Waals surface area (Å²) in [6.45, 7) is 3.98. The number of nitrogens with two attached hydrogens (primary N) is 1. The molecule has 4 nitrogen and oxygen atoms in total. The van der Waals surface area contributed by atoms with Crippen LogP contribution in [0.4, 0.5) is 0 Å². The van der Waals surface area contributed by atoms with Crippen molar-refractivity contribution in [3.05, 3.63) is 0 Å². The molecule has 0 rings (SSSR count). The second-order valence-electron chi connectivity index (χ2n) is 4.06. The molecule has 0 aromatic carbocycles. The fourth-order valence-corrected chi connectivity index (χ4v) is 1.62. The summed E-state index contributed by atoms with van der Waals surface area (Å²) in [7, 11) is 0. The first kappa shape index (κ1) is 15.4. The van der Waals surface area contributed by atoms with Gasteiger partial charge in [-0.15, -0.1) is 0 Å². The summed E-state index contributed by atoms with van der Waals surface area (Å²) in [5.74, 6) is 0.121. The van der Waals surface area contributed by atoms with Gasteiger partial charge in [0.1, 0.15) is 0 Å². The minimum Gasteiger partial charge on any atom is -0.395 e. The van der Waals surface area contributed by atoms with Crippen LogP contribution in [0.15, 0.2) is 0 Å². The summed E-state index contributed by atoms with van der Waals surface area (Å²) >= 11 is 0. The van der Waals surface area contributed by atoms with Crippen LogP contribution < -0.4 is 5.73 Å². The van der Waals surface area contributed by atoms with E-state index < -0.39 is 0 Å². The van der Waals surface area contributed by atoms with Crippen LogP contribution in [0.5, 0.6) is 0 Å². The normalized spacial score (nSPS) is 10.4. The fraction of sp³-hybridized carbons (Fsp3) is 0.917. The summed E-state index contributed by atoms with van der Waals surface area (Å²) in [6, 6.07) is 0. The van der Waals surface area contributed by atoms with Crippen molar-refractivity contribution < 1.29 is 9.90 Å². The van der Waals surface area contributed by atoms with Gasteiger partial charge in [-0.05, 0) is 19.4 Å². The lowest BCUT2D eigenvalue weighted by Crippen LogP contribution is -2.34. The van der Waals surface area contributed by atoms with E-state index in [0.717, 1.165) is 25.8 Å². The molecule has 0 aromatic rings. The highest BCUT2D eigenvalue weighted by molar-refractivity contribution is 5.76. The van der Waals surface area contributed by atoms with Crippen molar-refractivity contribution in [2.24, 2.45) is 5.73 Å². The average molecular weight is 230 g/mol. The highest BCUT2D eigenvalue weighted by atomic mass is 16.3. The Morgan fingerprint density at radius 3 is 2.50 bits per heavy atom. The first-order valence-corrected chi connectivity index (χ1v) is 6.35. The van der Waals surface area contributed by atoms with E-state index in [-0.39, 0.29) is 12.5 Å². The molecule has 4 heteroatoms. The van der Waals surface area contributed by atoms with Gasteiger partial charge >= 0.3 is 0 Å². The van der Waals surface area contributed by atoms with Gasteiger partial charge in [0.15, 0.2) is 0 Å². The monoisotopic (exact) mass is 230 g/mol. The van der Waals surface area contributed by atoms with Crippen LogP contribution in [-0.4, -0.2) is 42.2 Å². The van der Waals surface area contributed by atoms with Crippen LogP contribution in [0, 0.1) is 0 Å². The third-order valence-electron chi connectivity index (χ3n) is 2.60. The lowest BCUT2D eigenvalue weighted by molar-refractivity contribution is -0.131. The molecule has 96 valence electrons. The molecule has 0 saturated heterocycles. The van der Waals surface area contributed by atoms with Crippen molar-refractivity contribution in [3.8, 4) is 0 Å². The van der Waals surface area contributed by atoms with E-state index in [1.54, 1.807) is 4.90 Å². The third kappa shape index (κ3) is 7.65. The number of unbranched alkanes of at least 4 members (excludes halogenated alkanes) is 3. The largest absolute Gasteiger partial charge is 0.395 e. The Morgan fingerprint density at radius 2 is 1.94 bits per heavy atom. The second kappa shape index (κ2) is 10.9. The zero-order valence-corrected chi connectivity index (χ0v) is 10.5. The van der Waals surface area contributed by atoms with E-state index in [2.05, 4.69) is 6.92 Å². The SMILES string of the molecule is CCCCCCN(CCO)C(=O)CCCN. The lowest BCUT2D eigenvalue weighted by Gasteiger charge is -2.21. The predicted octanol–water partition coefficient (Wildman–Crippen LogP) is 1.13. The molecule has 0 aliphatic rings. The van der Waals surface area contributed by atoms with Crippen LogP contribution in [0.25, 0.3) is 0 Å². The predicted molar refractivity (Wildman–Crippen MR) is 66.1 cm³/mol. The molecule has 1 amide bonds. The first-order valence-electron chi connectivity index (χ1n) is 6.35. The molecule has 3 N–H and O–H groups in total. The Bertz CT molecular complexity index is 174. The number of hydrogen-bond acceptors (Lipinski definition) is 3. The quantitative estimate of drug-likeness (QED) is 0.553. The summed E-state index contributed by atoms with van der Waals surface area (Å²) in [5, 5.41) is 8.90. The van der Waals surface area contributed by atoms with Crippen molar-refractivity contribution in [2.75, 3.05) is 26.2 Å². The topological polar surface area (TPSA) is 66.6 Å². The number of amides is 1. The highest BCUT2D eigenvalue weighted by Gasteiger charge is 2.11. The molecule has 0 unspecified atom stereocenters. The summed E-state index contributed by atoms with van der Waals surface area (Å²) in [5.41, 5.74) is 5.37. The fourth-order valence-electron chi connectivity index (χ4n) is 1.62. The van der Waals surface area contributed by atoms with E-state index >= 15 is 0 Å². The van der Waals surface area contributed by atoms with Crippen LogP contribution >= 0.6 is 0 Å². The molecule has 0 aromatic heterocycles. The minimum absolute atomic E-state index is 0.0438. The molecular weight excluding hydrogens is 204 g/mol. The second-order valence-corrected chi connectivity index (χ2v) is 4.06. The van der Waals surface area contributed by atoms with E-state index in [9.17, 15) is 4.79 Å². The molecule has 0 spiro atoms. The van der Waals surface area contributed by atoms with Crippen LogP contribution in [0.2, 0.25) is 0 Å². The molecule has 0 bridgehead atoms. The maximum absolute atomic E-state index is 11.7. The zero-order valence-electron chi connectivity index (χ0n) is 10.5. The molecule has 0 aliphatic heterocycles. The summed E-state index contributed by atoms with van der Waals surface area (Å²) in [4.78, 5) is 13.5. The maximum Gasteiger partial charge on any atom is 0.222 e. The molecule has 16 heavy (non-hydrogen) atoms. The van der Waals surface area contributed by atoms with Crippen LogP contribution in [-0.2, 0) is 4.79 Å². The summed E-state index contributed by atoms with van der Waals surface area (Å²) < 4.78 is 0. The number of rotatable bonds is 10. The Hall–Kier alpha value is -0.610. The standard InChI is InChI=1S/C12H26N2O2/c1-2-3-4-5-9-14(10-11-15)12(16)7-6-8-13/h15H,2-11,13H2,1H3. The molecule has 0 fully saturated rings. The van der Waals surface area contributed by atoms with Crippen molar-refractivity contribution >= 4 is 5.91 Å². The van der Waals surface area contributed by atoms with Gasteiger partial charge in [-0.25, -0.2) is 0 Å². The number of carbonyl (C=O) groups excluding carboxylic acids is 1. The van der Waals surface area contributed by atoms with E-state index in [0.29, 0.717) is 19.5 Å². The Balaban J connectivity index is 3.80. The summed E-state index contributed by atoms with van der Waals surface area (Å²) in [6.07, 6.45) is 5.83. The van der Waals surface area contributed by atoms with Gasteiger partial charge in [-0.3, -0.25) is 4.79 Å². The molecular formula is C12H26N2O2. The van der Waals surface area contributed by atoms with E-state index in [4.69, 9.17) is 10.8 Å². The zero-order chi connectivity index (χ0) is 12.2. The van der Waals surface area contributed by atoms with Crippen LogP contribution in [0.3, 0.4) is 0 Å². The van der Waals surface area contributed by atoms with E-state index in [1.165, 1.54) is 12.8 Å². The van der Waals surface area contributed by atoms with Crippen LogP contribution in [0.1, 0.15) is 45.4 Å². The Morgan fingerprint density at radius 1 is 1.19 bits per heavy atom. The smallest absolute Gasteiger partial charge is 0.222 e. The van der Waals surface area contributed by atoms with Gasteiger partial charge in [0.2, 0.25) is 5.91 Å². The van der Waals surface area contributed by atoms with Gasteiger partial charge in [0.25, 0.3) is 0 Å². The number of nitrogens with zero attached hydrogens (tertiary/aromatic N) is 1. The molecule has 0 atom stereocenters. The van der Waals surface area contributed by atoms with Crippen molar-refractivity contribution in [3.63, 3.8) is 0 Å². The van der Waals surface area contributed by atoms with Gasteiger partial charge < -0.3 is 15.7 Å². The maximum atomic E-state index is 11.7. The molecule has 0 heterocycles. The number of aliphatic hydroxyl groups excluding tert-OH is 1. The minimum atomic E-state index is 0.0438. The highest BCUT2D eigenvalue weighted by Crippen LogP contribution is 2.03. The van der Waals surface area contributed by atoms with Gasteiger partial charge in [0, 0.05) is 19.5 Å². The van der Waals surface area contributed by atoms with Crippen molar-refractivity contribution in [2.45, 2.75) is 45.4 Å². The average Bonchev–Trinajstić information content (AvgIpc) is 2.30. The molecule has 0 radical (unpaired) electrons. The van der Waals surface area contributed by atoms with E-state index in [1.807, 2.05) is 0 Å². The number of carbonyl (C=O) groups is 1. The van der Waals surface area contributed by atoms with Crippen molar-refractivity contribution in [1.82, 2.24) is 4.90 Å². The van der Waals surface area contributed by atoms with Gasteiger partial charge in [-0.1, -0.05) is 26.2 Å². The third-order valence-corrected chi connectivity index (χ3v) is 2.60. The number of hydrogen-bond donors (Lipinski definition) is 2. The Kier molecular flexibility index (Phi) is 10.5. The lowest BCUT2D eigenvalue weighted by atomic mass is 10.2. The first-order chi connectivity index (χ1) is 7.76. The van der Waals surface area contributed by atoms with Crippen molar-refractivity contribution in [1.29, 1.82) is 0 Å². The van der Waals surface area contributed by atoms with Gasteiger partial charge in [0.05, 0.1) is 6.61 Å². The molecule has 0 saturated carbocycles. The Labute approximate surface area is 98.8 Å².